The van der Waals surface area contributed by atoms with Crippen LogP contribution >= 0.6 is 0 Å². The van der Waals surface area contributed by atoms with Crippen molar-refractivity contribution in [1.82, 2.24) is 4.98 Å². The van der Waals surface area contributed by atoms with Crippen LogP contribution in [0, 0.1) is 23.3 Å². The monoisotopic (exact) mass is 360 g/mol. The number of carbonyl (C=O) groups excluding carboxylic acids is 1. The Labute approximate surface area is 146 Å². The summed E-state index contributed by atoms with van der Waals surface area (Å²) in [7, 11) is 0. The molecule has 0 aliphatic carbocycles. The van der Waals surface area contributed by atoms with Gasteiger partial charge in [-0.25, -0.2) is 17.6 Å². The van der Waals surface area contributed by atoms with Crippen molar-refractivity contribution in [3.05, 3.63) is 94.8 Å². The van der Waals surface area contributed by atoms with E-state index in [2.05, 4.69) is 10.3 Å². The summed E-state index contributed by atoms with van der Waals surface area (Å²) < 4.78 is 54.0. The normalized spacial score (nSPS) is 10.6. The van der Waals surface area contributed by atoms with Crippen molar-refractivity contribution >= 4 is 11.6 Å². The lowest BCUT2D eigenvalue weighted by molar-refractivity contribution is 0.101. The van der Waals surface area contributed by atoms with Crippen LogP contribution in [-0.4, -0.2) is 10.9 Å². The quantitative estimate of drug-likeness (QED) is 0.697. The van der Waals surface area contributed by atoms with Crippen molar-refractivity contribution in [3.63, 3.8) is 0 Å². The molecule has 0 bridgehead atoms. The zero-order chi connectivity index (χ0) is 18.7. The predicted molar refractivity (Wildman–Crippen MR) is 87.7 cm³/mol. The van der Waals surface area contributed by atoms with Gasteiger partial charge in [0.15, 0.2) is 0 Å². The van der Waals surface area contributed by atoms with Gasteiger partial charge >= 0.3 is 0 Å². The van der Waals surface area contributed by atoms with E-state index in [0.717, 1.165) is 36.4 Å². The van der Waals surface area contributed by atoms with Gasteiger partial charge < -0.3 is 5.32 Å². The standard InChI is InChI=1S/C19H12F4N2O/c20-12-4-7-15(21)11(8-12)9-13-5-6-14(10-24-13)25-19(26)18-16(22)2-1-3-17(18)23/h1-8,10H,9H2,(H,25,26). The Morgan fingerprint density at radius 2 is 1.65 bits per heavy atom. The first-order valence-electron chi connectivity index (χ1n) is 7.58. The molecule has 0 spiro atoms. The van der Waals surface area contributed by atoms with Crippen LogP contribution in [0.5, 0.6) is 0 Å². The van der Waals surface area contributed by atoms with Gasteiger partial charge in [0.25, 0.3) is 5.91 Å². The van der Waals surface area contributed by atoms with Crippen molar-refractivity contribution in [1.29, 1.82) is 0 Å². The first kappa shape index (κ1) is 17.6. The first-order chi connectivity index (χ1) is 12.4. The smallest absolute Gasteiger partial charge is 0.261 e. The molecule has 1 amide bonds. The van der Waals surface area contributed by atoms with E-state index in [1.165, 1.54) is 18.3 Å². The number of halogens is 4. The molecule has 3 aromatic rings. The molecule has 3 rings (SSSR count). The molecule has 7 heteroatoms. The summed E-state index contributed by atoms with van der Waals surface area (Å²) in [6.45, 7) is 0. The van der Waals surface area contributed by atoms with Crippen LogP contribution < -0.4 is 5.32 Å². The third-order valence-corrected chi connectivity index (χ3v) is 3.65. The van der Waals surface area contributed by atoms with E-state index in [1.807, 2.05) is 0 Å². The van der Waals surface area contributed by atoms with E-state index in [9.17, 15) is 22.4 Å². The summed E-state index contributed by atoms with van der Waals surface area (Å²) in [6.07, 6.45) is 1.32. The molecule has 2 aromatic carbocycles. The van der Waals surface area contributed by atoms with Crippen LogP contribution in [0.3, 0.4) is 0 Å². The minimum atomic E-state index is -0.978. The van der Waals surface area contributed by atoms with Crippen molar-refractivity contribution < 1.29 is 22.4 Å². The van der Waals surface area contributed by atoms with Crippen LogP contribution in [0.4, 0.5) is 23.2 Å². The third-order valence-electron chi connectivity index (χ3n) is 3.65. The van der Waals surface area contributed by atoms with Gasteiger partial charge in [-0.05, 0) is 48.0 Å². The number of anilines is 1. The highest BCUT2D eigenvalue weighted by atomic mass is 19.1. The lowest BCUT2D eigenvalue weighted by Gasteiger charge is -2.08. The molecule has 132 valence electrons. The highest BCUT2D eigenvalue weighted by molar-refractivity contribution is 6.04. The lowest BCUT2D eigenvalue weighted by atomic mass is 10.1. The molecule has 0 saturated heterocycles. The second-order valence-electron chi connectivity index (χ2n) is 5.50. The van der Waals surface area contributed by atoms with Gasteiger partial charge in [0.2, 0.25) is 0 Å². The topological polar surface area (TPSA) is 42.0 Å². The first-order valence-corrected chi connectivity index (χ1v) is 7.58. The molecule has 26 heavy (non-hydrogen) atoms. The van der Waals surface area contributed by atoms with E-state index in [-0.39, 0.29) is 17.7 Å². The summed E-state index contributed by atoms with van der Waals surface area (Å²) in [5, 5.41) is 2.34. The van der Waals surface area contributed by atoms with Crippen LogP contribution in [0.1, 0.15) is 21.6 Å². The van der Waals surface area contributed by atoms with Crippen molar-refractivity contribution in [3.8, 4) is 0 Å². The molecular weight excluding hydrogens is 348 g/mol. The van der Waals surface area contributed by atoms with Gasteiger partial charge in [-0.3, -0.25) is 9.78 Å². The minimum Gasteiger partial charge on any atom is -0.320 e. The van der Waals surface area contributed by atoms with Gasteiger partial charge in [-0.1, -0.05) is 6.07 Å². The molecule has 0 saturated carbocycles. The average molecular weight is 360 g/mol. The molecule has 0 aliphatic rings. The third kappa shape index (κ3) is 3.88. The van der Waals surface area contributed by atoms with Gasteiger partial charge in [0, 0.05) is 12.1 Å². The maximum Gasteiger partial charge on any atom is 0.261 e. The molecule has 3 nitrogen and oxygen atoms in total. The van der Waals surface area contributed by atoms with Gasteiger partial charge in [0.05, 0.1) is 11.9 Å². The molecule has 1 aromatic heterocycles. The van der Waals surface area contributed by atoms with E-state index in [4.69, 9.17) is 0 Å². The number of benzene rings is 2. The summed E-state index contributed by atoms with van der Waals surface area (Å²) in [6, 6.07) is 9.19. The molecule has 0 atom stereocenters. The van der Waals surface area contributed by atoms with Gasteiger partial charge in [0.1, 0.15) is 28.8 Å². The molecule has 0 fully saturated rings. The average Bonchev–Trinajstić information content (AvgIpc) is 2.60. The molecule has 1 N–H and O–H groups in total. The number of hydrogen-bond acceptors (Lipinski definition) is 2. The number of carbonyl (C=O) groups is 1. The molecule has 0 aliphatic heterocycles. The number of nitrogens with zero attached hydrogens (tertiary/aromatic N) is 1. The zero-order valence-electron chi connectivity index (χ0n) is 13.3. The largest absolute Gasteiger partial charge is 0.320 e. The fourth-order valence-electron chi connectivity index (χ4n) is 2.39. The van der Waals surface area contributed by atoms with E-state index in [0.29, 0.717) is 5.69 Å². The fraction of sp³-hybridized carbons (Fsp3) is 0.0526. The summed E-state index contributed by atoms with van der Waals surface area (Å²) >= 11 is 0. The summed E-state index contributed by atoms with van der Waals surface area (Å²) in [4.78, 5) is 16.0. The van der Waals surface area contributed by atoms with E-state index >= 15 is 0 Å². The zero-order valence-corrected chi connectivity index (χ0v) is 13.3. The van der Waals surface area contributed by atoms with Crippen LogP contribution in [-0.2, 0) is 6.42 Å². The van der Waals surface area contributed by atoms with E-state index < -0.39 is 34.7 Å². The van der Waals surface area contributed by atoms with Crippen LogP contribution in [0.25, 0.3) is 0 Å². The van der Waals surface area contributed by atoms with E-state index in [1.54, 1.807) is 0 Å². The summed E-state index contributed by atoms with van der Waals surface area (Å²) in [5.74, 6) is -4.02. The summed E-state index contributed by atoms with van der Waals surface area (Å²) in [5.41, 5.74) is 0.0896. The Kier molecular flexibility index (Phi) is 4.97. The second-order valence-corrected chi connectivity index (χ2v) is 5.50. The lowest BCUT2D eigenvalue weighted by Crippen LogP contribution is -2.16. The predicted octanol–water partition coefficient (Wildman–Crippen LogP) is 4.48. The molecule has 0 unspecified atom stereocenters. The maximum atomic E-state index is 13.6. The minimum absolute atomic E-state index is 0.0553. The highest BCUT2D eigenvalue weighted by Crippen LogP contribution is 2.17. The Hall–Kier alpha value is -3.22. The van der Waals surface area contributed by atoms with Gasteiger partial charge in [-0.15, -0.1) is 0 Å². The molecule has 0 radical (unpaired) electrons. The SMILES string of the molecule is O=C(Nc1ccc(Cc2cc(F)ccc2F)nc1)c1c(F)cccc1F. The number of hydrogen-bond donors (Lipinski definition) is 1. The Morgan fingerprint density at radius 3 is 2.31 bits per heavy atom. The van der Waals surface area contributed by atoms with Crippen molar-refractivity contribution in [2.24, 2.45) is 0 Å². The van der Waals surface area contributed by atoms with Gasteiger partial charge in [-0.2, -0.15) is 0 Å². The Balaban J connectivity index is 1.74. The number of amides is 1. The Bertz CT molecular complexity index is 938. The number of pyridine rings is 1. The van der Waals surface area contributed by atoms with Crippen LogP contribution in [0.15, 0.2) is 54.7 Å². The number of aromatic nitrogens is 1. The van der Waals surface area contributed by atoms with Crippen molar-refractivity contribution in [2.45, 2.75) is 6.42 Å². The molecule has 1 heterocycles. The maximum absolute atomic E-state index is 13.6. The molecular formula is C19H12F4N2O. The highest BCUT2D eigenvalue weighted by Gasteiger charge is 2.17. The number of nitrogens with one attached hydrogen (secondary N) is 1. The van der Waals surface area contributed by atoms with Crippen LogP contribution in [0.2, 0.25) is 0 Å². The van der Waals surface area contributed by atoms with Crippen molar-refractivity contribution in [2.75, 3.05) is 5.32 Å². The second kappa shape index (κ2) is 7.35. The fourth-order valence-corrected chi connectivity index (χ4v) is 2.39. The Morgan fingerprint density at radius 1 is 0.923 bits per heavy atom. The number of rotatable bonds is 4.